The standard InChI is InChI=1S/C14H24N4O2/c1-10(2)17-5-7-18(8-6-17)13(14(19)20)12-11(3)16(4)9-15-12/h9-10,13H,5-8H2,1-4H3,(H,19,20). The number of carboxylic acids is 1. The number of aliphatic carboxylic acids is 1. The number of aromatic nitrogens is 2. The lowest BCUT2D eigenvalue weighted by molar-refractivity contribution is -0.144. The minimum atomic E-state index is -0.815. The summed E-state index contributed by atoms with van der Waals surface area (Å²) in [5.74, 6) is -0.815. The normalized spacial score (nSPS) is 19.4. The van der Waals surface area contributed by atoms with E-state index in [1.54, 1.807) is 6.33 Å². The molecule has 1 unspecified atom stereocenters. The first-order valence-corrected chi connectivity index (χ1v) is 7.10. The number of carbonyl (C=O) groups is 1. The molecule has 1 atom stereocenters. The lowest BCUT2D eigenvalue weighted by Crippen LogP contribution is -2.51. The zero-order valence-corrected chi connectivity index (χ0v) is 12.7. The Hall–Kier alpha value is -1.40. The number of imidazole rings is 1. The highest BCUT2D eigenvalue weighted by atomic mass is 16.4. The molecule has 0 saturated carbocycles. The summed E-state index contributed by atoms with van der Waals surface area (Å²) in [6, 6.07) is -0.123. The molecule has 1 aliphatic rings. The Kier molecular flexibility index (Phi) is 4.45. The monoisotopic (exact) mass is 280 g/mol. The van der Waals surface area contributed by atoms with Gasteiger partial charge >= 0.3 is 5.97 Å². The predicted octanol–water partition coefficient (Wildman–Crippen LogP) is 0.880. The van der Waals surface area contributed by atoms with Gasteiger partial charge in [0.1, 0.15) is 0 Å². The zero-order valence-electron chi connectivity index (χ0n) is 12.7. The topological polar surface area (TPSA) is 61.6 Å². The number of piperazine rings is 1. The molecule has 0 spiro atoms. The average molecular weight is 280 g/mol. The fraction of sp³-hybridized carbons (Fsp3) is 0.714. The molecular weight excluding hydrogens is 256 g/mol. The van der Waals surface area contributed by atoms with Crippen LogP contribution >= 0.6 is 0 Å². The van der Waals surface area contributed by atoms with Crippen LogP contribution in [0.25, 0.3) is 0 Å². The average Bonchev–Trinajstić information content (AvgIpc) is 2.71. The van der Waals surface area contributed by atoms with E-state index in [1.165, 1.54) is 0 Å². The van der Waals surface area contributed by atoms with Crippen molar-refractivity contribution in [1.82, 2.24) is 19.4 Å². The third-order valence-electron chi connectivity index (χ3n) is 4.21. The van der Waals surface area contributed by atoms with Crippen LogP contribution in [0.4, 0.5) is 0 Å². The highest BCUT2D eigenvalue weighted by Crippen LogP contribution is 2.24. The Morgan fingerprint density at radius 1 is 1.25 bits per heavy atom. The minimum absolute atomic E-state index is 0.511. The highest BCUT2D eigenvalue weighted by molar-refractivity contribution is 5.75. The summed E-state index contributed by atoms with van der Waals surface area (Å²) in [5, 5.41) is 9.58. The van der Waals surface area contributed by atoms with E-state index in [1.807, 2.05) is 23.4 Å². The van der Waals surface area contributed by atoms with E-state index >= 15 is 0 Å². The first-order chi connectivity index (χ1) is 9.41. The molecule has 0 aromatic carbocycles. The summed E-state index contributed by atoms with van der Waals surface area (Å²) < 4.78 is 1.87. The van der Waals surface area contributed by atoms with Crippen molar-refractivity contribution in [3.05, 3.63) is 17.7 Å². The fourth-order valence-electron chi connectivity index (χ4n) is 2.74. The van der Waals surface area contributed by atoms with Crippen molar-refractivity contribution in [3.8, 4) is 0 Å². The van der Waals surface area contributed by atoms with Crippen LogP contribution in [0.5, 0.6) is 0 Å². The number of hydrogen-bond acceptors (Lipinski definition) is 4. The fourth-order valence-corrected chi connectivity index (χ4v) is 2.74. The van der Waals surface area contributed by atoms with Gasteiger partial charge in [-0.25, -0.2) is 4.98 Å². The van der Waals surface area contributed by atoms with Crippen molar-refractivity contribution in [1.29, 1.82) is 0 Å². The first-order valence-electron chi connectivity index (χ1n) is 7.10. The minimum Gasteiger partial charge on any atom is -0.480 e. The Bertz CT molecular complexity index is 476. The number of nitrogens with zero attached hydrogens (tertiary/aromatic N) is 4. The highest BCUT2D eigenvalue weighted by Gasteiger charge is 2.33. The van der Waals surface area contributed by atoms with Gasteiger partial charge in [-0.2, -0.15) is 0 Å². The molecule has 1 N–H and O–H groups in total. The summed E-state index contributed by atoms with van der Waals surface area (Å²) >= 11 is 0. The van der Waals surface area contributed by atoms with E-state index < -0.39 is 12.0 Å². The first kappa shape index (κ1) is 15.0. The third kappa shape index (κ3) is 2.86. The summed E-state index contributed by atoms with van der Waals surface area (Å²) in [6.07, 6.45) is 1.69. The van der Waals surface area contributed by atoms with Gasteiger partial charge in [-0.15, -0.1) is 0 Å². The zero-order chi connectivity index (χ0) is 14.9. The number of aryl methyl sites for hydroxylation is 1. The van der Waals surface area contributed by atoms with Gasteiger partial charge in [0.25, 0.3) is 0 Å². The smallest absolute Gasteiger partial charge is 0.327 e. The van der Waals surface area contributed by atoms with Gasteiger partial charge < -0.3 is 9.67 Å². The largest absolute Gasteiger partial charge is 0.480 e. The Balaban J connectivity index is 2.15. The van der Waals surface area contributed by atoms with Gasteiger partial charge in [0, 0.05) is 45.0 Å². The van der Waals surface area contributed by atoms with Crippen molar-refractivity contribution >= 4 is 5.97 Å². The molecule has 6 heteroatoms. The summed E-state index contributed by atoms with van der Waals surface area (Å²) in [4.78, 5) is 20.4. The van der Waals surface area contributed by atoms with Crippen LogP contribution in [0.2, 0.25) is 0 Å². The van der Waals surface area contributed by atoms with Crippen LogP contribution in [0, 0.1) is 6.92 Å². The van der Waals surface area contributed by atoms with Gasteiger partial charge in [-0.05, 0) is 20.8 Å². The van der Waals surface area contributed by atoms with E-state index in [9.17, 15) is 9.90 Å². The van der Waals surface area contributed by atoms with Crippen LogP contribution in [0.1, 0.15) is 31.3 Å². The maximum atomic E-state index is 11.7. The molecule has 2 heterocycles. The van der Waals surface area contributed by atoms with Crippen molar-refractivity contribution < 1.29 is 9.90 Å². The van der Waals surface area contributed by atoms with Crippen molar-refractivity contribution in [2.75, 3.05) is 26.2 Å². The van der Waals surface area contributed by atoms with E-state index in [-0.39, 0.29) is 0 Å². The molecule has 0 amide bonds. The second kappa shape index (κ2) is 5.93. The van der Waals surface area contributed by atoms with E-state index in [4.69, 9.17) is 0 Å². The lowest BCUT2D eigenvalue weighted by Gasteiger charge is -2.39. The quantitative estimate of drug-likeness (QED) is 0.887. The molecular formula is C14H24N4O2. The Morgan fingerprint density at radius 3 is 2.20 bits per heavy atom. The van der Waals surface area contributed by atoms with E-state index in [0.717, 1.165) is 31.9 Å². The molecule has 20 heavy (non-hydrogen) atoms. The lowest BCUT2D eigenvalue weighted by atomic mass is 10.1. The second-order valence-corrected chi connectivity index (χ2v) is 5.73. The van der Waals surface area contributed by atoms with Crippen LogP contribution in [0.3, 0.4) is 0 Å². The molecule has 1 saturated heterocycles. The Morgan fingerprint density at radius 2 is 1.80 bits per heavy atom. The van der Waals surface area contributed by atoms with Crippen LogP contribution in [0.15, 0.2) is 6.33 Å². The molecule has 1 aromatic rings. The molecule has 1 fully saturated rings. The van der Waals surface area contributed by atoms with Gasteiger partial charge in [0.2, 0.25) is 0 Å². The molecule has 0 radical (unpaired) electrons. The van der Waals surface area contributed by atoms with Crippen LogP contribution in [-0.2, 0) is 11.8 Å². The molecule has 1 aromatic heterocycles. The molecule has 112 valence electrons. The van der Waals surface area contributed by atoms with Gasteiger partial charge in [-0.3, -0.25) is 14.6 Å². The van der Waals surface area contributed by atoms with Crippen molar-refractivity contribution in [3.63, 3.8) is 0 Å². The molecule has 0 bridgehead atoms. The number of rotatable bonds is 4. The van der Waals surface area contributed by atoms with E-state index in [0.29, 0.717) is 11.7 Å². The van der Waals surface area contributed by atoms with Gasteiger partial charge in [0.05, 0.1) is 12.0 Å². The third-order valence-corrected chi connectivity index (χ3v) is 4.21. The SMILES string of the molecule is Cc1c(C(C(=O)O)N2CCN(C(C)C)CC2)ncn1C. The van der Waals surface area contributed by atoms with Gasteiger partial charge in [0.15, 0.2) is 6.04 Å². The second-order valence-electron chi connectivity index (χ2n) is 5.73. The summed E-state index contributed by atoms with van der Waals surface area (Å²) in [6.45, 7) is 9.63. The maximum absolute atomic E-state index is 11.7. The summed E-state index contributed by atoms with van der Waals surface area (Å²) in [5.41, 5.74) is 1.58. The van der Waals surface area contributed by atoms with Gasteiger partial charge in [-0.1, -0.05) is 0 Å². The van der Waals surface area contributed by atoms with Crippen LogP contribution < -0.4 is 0 Å². The number of carboxylic acid groups (broad SMARTS) is 1. The van der Waals surface area contributed by atoms with Crippen molar-refractivity contribution in [2.24, 2.45) is 7.05 Å². The number of hydrogen-bond donors (Lipinski definition) is 1. The molecule has 6 nitrogen and oxygen atoms in total. The van der Waals surface area contributed by atoms with Crippen molar-refractivity contribution in [2.45, 2.75) is 32.9 Å². The Labute approximate surface area is 120 Å². The van der Waals surface area contributed by atoms with E-state index in [2.05, 4.69) is 23.7 Å². The molecule has 1 aliphatic heterocycles. The maximum Gasteiger partial charge on any atom is 0.327 e. The summed E-state index contributed by atoms with van der Waals surface area (Å²) in [7, 11) is 1.89. The predicted molar refractivity (Wildman–Crippen MR) is 76.6 cm³/mol. The molecule has 0 aliphatic carbocycles. The van der Waals surface area contributed by atoms with Crippen LogP contribution in [-0.4, -0.2) is 62.6 Å². The molecule has 2 rings (SSSR count).